The highest BCUT2D eigenvalue weighted by molar-refractivity contribution is 5.16. The fourth-order valence-corrected chi connectivity index (χ4v) is 0.983. The van der Waals surface area contributed by atoms with Crippen molar-refractivity contribution < 1.29 is 4.74 Å². The van der Waals surface area contributed by atoms with Crippen molar-refractivity contribution in [3.63, 3.8) is 0 Å². The highest BCUT2D eigenvalue weighted by Crippen LogP contribution is 2.18. The summed E-state index contributed by atoms with van der Waals surface area (Å²) in [7, 11) is 0. The van der Waals surface area contributed by atoms with Gasteiger partial charge in [0, 0.05) is 12.6 Å². The molecule has 1 aromatic heterocycles. The van der Waals surface area contributed by atoms with Crippen LogP contribution in [0.1, 0.15) is 32.9 Å². The predicted molar refractivity (Wildman–Crippen MR) is 57.1 cm³/mol. The zero-order chi connectivity index (χ0) is 10.6. The molecule has 0 radical (unpaired) electrons. The molecule has 0 unspecified atom stereocenters. The topological polar surface area (TPSA) is 48.1 Å². The Morgan fingerprint density at radius 1 is 1.43 bits per heavy atom. The second kappa shape index (κ2) is 4.42. The molecule has 1 heterocycles. The van der Waals surface area contributed by atoms with Crippen molar-refractivity contribution in [1.29, 1.82) is 0 Å². The first-order valence-electron chi connectivity index (χ1n) is 4.92. The van der Waals surface area contributed by atoms with Crippen LogP contribution in [0.25, 0.3) is 0 Å². The maximum atomic E-state index is 5.73. The van der Waals surface area contributed by atoms with Crippen molar-refractivity contribution in [2.75, 3.05) is 0 Å². The lowest BCUT2D eigenvalue weighted by Gasteiger charge is -2.24. The Balaban J connectivity index is 2.76. The number of hydrogen-bond acceptors (Lipinski definition) is 3. The maximum Gasteiger partial charge on any atom is 0.214 e. The van der Waals surface area contributed by atoms with Crippen LogP contribution in [0.4, 0.5) is 0 Å². The van der Waals surface area contributed by atoms with Crippen LogP contribution < -0.4 is 10.5 Å². The van der Waals surface area contributed by atoms with E-state index in [9.17, 15) is 0 Å². The van der Waals surface area contributed by atoms with Gasteiger partial charge in [-0.3, -0.25) is 0 Å². The Hall–Kier alpha value is -1.09. The molecule has 0 aliphatic heterocycles. The van der Waals surface area contributed by atoms with Gasteiger partial charge in [0.25, 0.3) is 0 Å². The van der Waals surface area contributed by atoms with Crippen LogP contribution in [-0.2, 0) is 6.54 Å². The van der Waals surface area contributed by atoms with Gasteiger partial charge in [0.2, 0.25) is 5.88 Å². The number of rotatable bonds is 4. The zero-order valence-electron chi connectivity index (χ0n) is 9.08. The summed E-state index contributed by atoms with van der Waals surface area (Å²) in [5.41, 5.74) is 6.19. The molecule has 0 bridgehead atoms. The molecule has 78 valence electrons. The van der Waals surface area contributed by atoms with E-state index >= 15 is 0 Å². The fourth-order valence-electron chi connectivity index (χ4n) is 0.983. The predicted octanol–water partition coefficient (Wildman–Crippen LogP) is 2.11. The van der Waals surface area contributed by atoms with Crippen molar-refractivity contribution in [3.8, 4) is 5.88 Å². The fraction of sp³-hybridized carbons (Fsp3) is 0.545. The van der Waals surface area contributed by atoms with Gasteiger partial charge in [-0.15, -0.1) is 0 Å². The summed E-state index contributed by atoms with van der Waals surface area (Å²) in [6, 6.07) is 5.67. The molecule has 0 fully saturated rings. The average Bonchev–Trinajstić information content (AvgIpc) is 2.17. The van der Waals surface area contributed by atoms with E-state index in [4.69, 9.17) is 10.5 Å². The number of nitrogens with zero attached hydrogens (tertiary/aromatic N) is 1. The SMILES string of the molecule is CCC(C)(C)Oc1cccc(CN)n1. The normalized spacial score (nSPS) is 11.4. The van der Waals surface area contributed by atoms with Crippen LogP contribution in [0.5, 0.6) is 5.88 Å². The van der Waals surface area contributed by atoms with E-state index in [1.54, 1.807) is 0 Å². The van der Waals surface area contributed by atoms with E-state index < -0.39 is 0 Å². The molecule has 0 amide bonds. The summed E-state index contributed by atoms with van der Waals surface area (Å²) in [6.07, 6.45) is 0.946. The average molecular weight is 194 g/mol. The van der Waals surface area contributed by atoms with Gasteiger partial charge < -0.3 is 10.5 Å². The van der Waals surface area contributed by atoms with Crippen LogP contribution in [0.2, 0.25) is 0 Å². The molecule has 1 aromatic rings. The Kier molecular flexibility index (Phi) is 3.47. The molecule has 0 saturated heterocycles. The summed E-state index contributed by atoms with van der Waals surface area (Å²) >= 11 is 0. The third-order valence-electron chi connectivity index (χ3n) is 2.22. The van der Waals surface area contributed by atoms with Gasteiger partial charge in [-0.2, -0.15) is 0 Å². The van der Waals surface area contributed by atoms with Crippen LogP contribution in [0, 0.1) is 0 Å². The summed E-state index contributed by atoms with van der Waals surface area (Å²) in [4.78, 5) is 4.28. The van der Waals surface area contributed by atoms with E-state index in [2.05, 4.69) is 11.9 Å². The number of hydrogen-bond donors (Lipinski definition) is 1. The minimum absolute atomic E-state index is 0.166. The first kappa shape index (κ1) is 11.0. The second-order valence-electron chi connectivity index (χ2n) is 3.89. The Labute approximate surface area is 85.3 Å². The highest BCUT2D eigenvalue weighted by atomic mass is 16.5. The van der Waals surface area contributed by atoms with Crippen molar-refractivity contribution in [3.05, 3.63) is 23.9 Å². The molecule has 2 N–H and O–H groups in total. The molecule has 0 spiro atoms. The molecular weight excluding hydrogens is 176 g/mol. The largest absolute Gasteiger partial charge is 0.472 e. The monoisotopic (exact) mass is 194 g/mol. The summed E-state index contributed by atoms with van der Waals surface area (Å²) in [6.45, 7) is 6.63. The van der Waals surface area contributed by atoms with Gasteiger partial charge in [-0.1, -0.05) is 13.0 Å². The minimum atomic E-state index is -0.166. The van der Waals surface area contributed by atoms with Gasteiger partial charge in [-0.25, -0.2) is 4.98 Å². The quantitative estimate of drug-likeness (QED) is 0.798. The van der Waals surface area contributed by atoms with Gasteiger partial charge in [-0.05, 0) is 26.3 Å². The smallest absolute Gasteiger partial charge is 0.214 e. The third-order valence-corrected chi connectivity index (χ3v) is 2.22. The lowest BCUT2D eigenvalue weighted by Crippen LogP contribution is -2.27. The molecule has 1 rings (SSSR count). The minimum Gasteiger partial charge on any atom is -0.472 e. The molecule has 3 heteroatoms. The number of nitrogens with two attached hydrogens (primary N) is 1. The zero-order valence-corrected chi connectivity index (χ0v) is 9.08. The third kappa shape index (κ3) is 3.00. The van der Waals surface area contributed by atoms with Crippen LogP contribution in [-0.4, -0.2) is 10.6 Å². The molecule has 0 aliphatic carbocycles. The standard InChI is InChI=1S/C11H18N2O/c1-4-11(2,3)14-10-7-5-6-9(8-12)13-10/h5-7H,4,8,12H2,1-3H3. The molecule has 14 heavy (non-hydrogen) atoms. The number of aromatic nitrogens is 1. The molecule has 0 atom stereocenters. The van der Waals surface area contributed by atoms with E-state index in [1.165, 1.54) is 0 Å². The van der Waals surface area contributed by atoms with Crippen molar-refractivity contribution in [2.45, 2.75) is 39.3 Å². The second-order valence-corrected chi connectivity index (χ2v) is 3.89. The Morgan fingerprint density at radius 3 is 2.71 bits per heavy atom. The van der Waals surface area contributed by atoms with Gasteiger partial charge >= 0.3 is 0 Å². The molecule has 3 nitrogen and oxygen atoms in total. The summed E-state index contributed by atoms with van der Waals surface area (Å²) in [5, 5.41) is 0. The molecule has 0 aliphatic rings. The summed E-state index contributed by atoms with van der Waals surface area (Å²) in [5.74, 6) is 0.653. The van der Waals surface area contributed by atoms with E-state index in [0.29, 0.717) is 12.4 Å². The van der Waals surface area contributed by atoms with Gasteiger partial charge in [0.15, 0.2) is 0 Å². The summed E-state index contributed by atoms with van der Waals surface area (Å²) < 4.78 is 5.73. The molecular formula is C11H18N2O. The maximum absolute atomic E-state index is 5.73. The first-order chi connectivity index (χ1) is 6.57. The van der Waals surface area contributed by atoms with E-state index in [-0.39, 0.29) is 5.60 Å². The highest BCUT2D eigenvalue weighted by Gasteiger charge is 2.17. The number of pyridine rings is 1. The van der Waals surface area contributed by atoms with E-state index in [0.717, 1.165) is 12.1 Å². The first-order valence-corrected chi connectivity index (χ1v) is 4.92. The molecule has 0 saturated carbocycles. The number of ether oxygens (including phenoxy) is 1. The van der Waals surface area contributed by atoms with Crippen LogP contribution >= 0.6 is 0 Å². The Bertz CT molecular complexity index is 297. The van der Waals surface area contributed by atoms with Crippen molar-refractivity contribution in [2.24, 2.45) is 5.73 Å². The Morgan fingerprint density at radius 2 is 2.14 bits per heavy atom. The molecule has 0 aromatic carbocycles. The van der Waals surface area contributed by atoms with Crippen molar-refractivity contribution in [1.82, 2.24) is 4.98 Å². The lowest BCUT2D eigenvalue weighted by molar-refractivity contribution is 0.0987. The van der Waals surface area contributed by atoms with Gasteiger partial charge in [0.1, 0.15) is 5.60 Å². The van der Waals surface area contributed by atoms with Crippen LogP contribution in [0.15, 0.2) is 18.2 Å². The lowest BCUT2D eigenvalue weighted by atomic mass is 10.1. The van der Waals surface area contributed by atoms with E-state index in [1.807, 2.05) is 32.0 Å². The van der Waals surface area contributed by atoms with Crippen LogP contribution in [0.3, 0.4) is 0 Å². The van der Waals surface area contributed by atoms with Crippen molar-refractivity contribution >= 4 is 0 Å². The van der Waals surface area contributed by atoms with Gasteiger partial charge in [0.05, 0.1) is 5.69 Å².